The van der Waals surface area contributed by atoms with E-state index in [4.69, 9.17) is 16.3 Å². The van der Waals surface area contributed by atoms with Crippen LogP contribution >= 0.6 is 11.6 Å². The highest BCUT2D eigenvalue weighted by molar-refractivity contribution is 6.30. The zero-order chi connectivity index (χ0) is 16.2. The molecule has 0 saturated carbocycles. The summed E-state index contributed by atoms with van der Waals surface area (Å²) in [4.78, 5) is 12.3. The molecule has 0 saturated heterocycles. The Morgan fingerprint density at radius 2 is 1.73 bits per heavy atom. The van der Waals surface area contributed by atoms with Crippen molar-refractivity contribution in [2.75, 3.05) is 0 Å². The van der Waals surface area contributed by atoms with Crippen molar-refractivity contribution in [3.8, 4) is 6.07 Å². The molecule has 112 valence electrons. The molecule has 0 heterocycles. The lowest BCUT2D eigenvalue weighted by Gasteiger charge is -2.28. The second-order valence-corrected chi connectivity index (χ2v) is 5.97. The molecule has 2 aromatic rings. The molecule has 4 heteroatoms. The fourth-order valence-corrected chi connectivity index (χ4v) is 2.21. The van der Waals surface area contributed by atoms with Crippen LogP contribution in [-0.2, 0) is 4.74 Å². The standard InChI is InChI=1S/C18H16ClNO2/c1-18(2,12-20)16(13-6-4-3-5-7-13)22-17(21)14-8-10-15(19)11-9-14/h3-11,16H,1-2H3/t16-/m0/s1. The fraction of sp³-hybridized carbons (Fsp3) is 0.222. The van der Waals surface area contributed by atoms with Crippen molar-refractivity contribution in [3.63, 3.8) is 0 Å². The summed E-state index contributed by atoms with van der Waals surface area (Å²) >= 11 is 5.82. The molecule has 0 aromatic heterocycles. The highest BCUT2D eigenvalue weighted by Gasteiger charge is 2.34. The summed E-state index contributed by atoms with van der Waals surface area (Å²) in [5, 5.41) is 9.94. The van der Waals surface area contributed by atoms with Gasteiger partial charge in [0.05, 0.1) is 17.0 Å². The zero-order valence-electron chi connectivity index (χ0n) is 12.4. The van der Waals surface area contributed by atoms with Gasteiger partial charge in [-0.2, -0.15) is 5.26 Å². The lowest BCUT2D eigenvalue weighted by Crippen LogP contribution is -2.25. The summed E-state index contributed by atoms with van der Waals surface area (Å²) in [7, 11) is 0. The van der Waals surface area contributed by atoms with Gasteiger partial charge in [-0.05, 0) is 43.7 Å². The molecule has 2 aromatic carbocycles. The first kappa shape index (κ1) is 16.1. The van der Waals surface area contributed by atoms with Gasteiger partial charge < -0.3 is 4.74 Å². The molecule has 3 nitrogen and oxygen atoms in total. The summed E-state index contributed by atoms with van der Waals surface area (Å²) in [6.45, 7) is 3.50. The monoisotopic (exact) mass is 313 g/mol. The van der Waals surface area contributed by atoms with Gasteiger partial charge in [0.25, 0.3) is 0 Å². The van der Waals surface area contributed by atoms with Crippen molar-refractivity contribution in [1.82, 2.24) is 0 Å². The van der Waals surface area contributed by atoms with Gasteiger partial charge in [0.2, 0.25) is 0 Å². The van der Waals surface area contributed by atoms with E-state index in [9.17, 15) is 10.1 Å². The fourth-order valence-electron chi connectivity index (χ4n) is 2.08. The molecule has 0 N–H and O–H groups in total. The third-order valence-electron chi connectivity index (χ3n) is 3.35. The molecule has 0 radical (unpaired) electrons. The largest absolute Gasteiger partial charge is 0.452 e. The van der Waals surface area contributed by atoms with Gasteiger partial charge in [0.15, 0.2) is 0 Å². The number of hydrogen-bond donors (Lipinski definition) is 0. The second kappa shape index (κ2) is 6.64. The van der Waals surface area contributed by atoms with Gasteiger partial charge in [0.1, 0.15) is 6.10 Å². The lowest BCUT2D eigenvalue weighted by molar-refractivity contribution is 0.00518. The van der Waals surface area contributed by atoms with E-state index in [2.05, 4.69) is 6.07 Å². The van der Waals surface area contributed by atoms with E-state index in [1.54, 1.807) is 38.1 Å². The van der Waals surface area contributed by atoms with E-state index in [1.165, 1.54) is 0 Å². The average molecular weight is 314 g/mol. The maximum Gasteiger partial charge on any atom is 0.338 e. The van der Waals surface area contributed by atoms with Crippen LogP contribution in [0.5, 0.6) is 0 Å². The Bertz CT molecular complexity index is 687. The Morgan fingerprint density at radius 1 is 1.14 bits per heavy atom. The molecule has 0 fully saturated rings. The Morgan fingerprint density at radius 3 is 2.27 bits per heavy atom. The van der Waals surface area contributed by atoms with Gasteiger partial charge in [-0.1, -0.05) is 41.9 Å². The number of ether oxygens (including phenoxy) is 1. The Balaban J connectivity index is 2.30. The van der Waals surface area contributed by atoms with Gasteiger partial charge in [0, 0.05) is 5.02 Å². The van der Waals surface area contributed by atoms with Crippen molar-refractivity contribution in [1.29, 1.82) is 5.26 Å². The number of halogens is 1. The smallest absolute Gasteiger partial charge is 0.338 e. The topological polar surface area (TPSA) is 50.1 Å². The van der Waals surface area contributed by atoms with Gasteiger partial charge in [-0.3, -0.25) is 0 Å². The lowest BCUT2D eigenvalue weighted by atomic mass is 9.84. The van der Waals surface area contributed by atoms with E-state index < -0.39 is 17.5 Å². The van der Waals surface area contributed by atoms with Crippen LogP contribution in [0.25, 0.3) is 0 Å². The average Bonchev–Trinajstić information content (AvgIpc) is 2.53. The zero-order valence-corrected chi connectivity index (χ0v) is 13.2. The van der Waals surface area contributed by atoms with Crippen molar-refractivity contribution < 1.29 is 9.53 Å². The van der Waals surface area contributed by atoms with Gasteiger partial charge in [-0.15, -0.1) is 0 Å². The van der Waals surface area contributed by atoms with Crippen LogP contribution in [0, 0.1) is 16.7 Å². The molecule has 0 aliphatic heterocycles. The number of nitrogens with zero attached hydrogens (tertiary/aromatic N) is 1. The van der Waals surface area contributed by atoms with Crippen LogP contribution in [0.1, 0.15) is 35.9 Å². The molecule has 0 amide bonds. The summed E-state index contributed by atoms with van der Waals surface area (Å²) < 4.78 is 5.61. The normalized spacial score (nSPS) is 12.3. The first-order chi connectivity index (χ1) is 10.4. The number of benzene rings is 2. The number of hydrogen-bond acceptors (Lipinski definition) is 3. The maximum absolute atomic E-state index is 12.3. The number of carbonyl (C=O) groups is 1. The number of nitriles is 1. The minimum Gasteiger partial charge on any atom is -0.452 e. The van der Waals surface area contributed by atoms with E-state index >= 15 is 0 Å². The molecule has 0 aliphatic rings. The highest BCUT2D eigenvalue weighted by Crippen LogP contribution is 2.36. The van der Waals surface area contributed by atoms with E-state index in [0.717, 1.165) is 5.56 Å². The number of carbonyl (C=O) groups excluding carboxylic acids is 1. The summed E-state index contributed by atoms with van der Waals surface area (Å²) in [5.41, 5.74) is 0.346. The SMILES string of the molecule is CC(C)(C#N)[C@@H](OC(=O)c1ccc(Cl)cc1)c1ccccc1. The Hall–Kier alpha value is -2.31. The van der Waals surface area contributed by atoms with Crippen molar-refractivity contribution in [3.05, 3.63) is 70.7 Å². The number of rotatable bonds is 4. The third kappa shape index (κ3) is 3.66. The number of esters is 1. The Labute approximate surface area is 135 Å². The van der Waals surface area contributed by atoms with Gasteiger partial charge in [-0.25, -0.2) is 4.79 Å². The summed E-state index contributed by atoms with van der Waals surface area (Å²) in [5.74, 6) is -0.478. The summed E-state index contributed by atoms with van der Waals surface area (Å²) in [6, 6.07) is 17.9. The first-order valence-electron chi connectivity index (χ1n) is 6.87. The van der Waals surface area contributed by atoms with E-state index in [0.29, 0.717) is 10.6 Å². The Kier molecular flexibility index (Phi) is 4.85. The van der Waals surface area contributed by atoms with Crippen LogP contribution in [0.4, 0.5) is 0 Å². The minimum absolute atomic E-state index is 0.402. The van der Waals surface area contributed by atoms with Crippen LogP contribution in [0.15, 0.2) is 54.6 Å². The molecular weight excluding hydrogens is 298 g/mol. The van der Waals surface area contributed by atoms with Crippen molar-refractivity contribution >= 4 is 17.6 Å². The van der Waals surface area contributed by atoms with Crippen molar-refractivity contribution in [2.24, 2.45) is 5.41 Å². The maximum atomic E-state index is 12.3. The quantitative estimate of drug-likeness (QED) is 0.763. The highest BCUT2D eigenvalue weighted by atomic mass is 35.5. The molecule has 0 unspecified atom stereocenters. The minimum atomic E-state index is -0.844. The van der Waals surface area contributed by atoms with Crippen LogP contribution in [0.2, 0.25) is 5.02 Å². The third-order valence-corrected chi connectivity index (χ3v) is 3.60. The molecule has 1 atom stereocenters. The molecule has 0 aliphatic carbocycles. The van der Waals surface area contributed by atoms with Crippen molar-refractivity contribution in [2.45, 2.75) is 20.0 Å². The second-order valence-electron chi connectivity index (χ2n) is 5.54. The van der Waals surface area contributed by atoms with Crippen LogP contribution in [0.3, 0.4) is 0 Å². The summed E-state index contributed by atoms with van der Waals surface area (Å²) in [6.07, 6.45) is -0.651. The molecule has 22 heavy (non-hydrogen) atoms. The molecule has 2 rings (SSSR count). The predicted molar refractivity (Wildman–Crippen MR) is 85.4 cm³/mol. The molecular formula is C18H16ClNO2. The molecule has 0 spiro atoms. The van der Waals surface area contributed by atoms with Crippen LogP contribution in [-0.4, -0.2) is 5.97 Å². The van der Waals surface area contributed by atoms with E-state index in [-0.39, 0.29) is 0 Å². The predicted octanol–water partition coefficient (Wildman–Crippen LogP) is 4.79. The first-order valence-corrected chi connectivity index (χ1v) is 7.24. The molecule has 0 bridgehead atoms. The van der Waals surface area contributed by atoms with Gasteiger partial charge >= 0.3 is 5.97 Å². The van der Waals surface area contributed by atoms with E-state index in [1.807, 2.05) is 30.3 Å². The van der Waals surface area contributed by atoms with Crippen LogP contribution < -0.4 is 0 Å².